The molecule has 3 heterocycles. The van der Waals surface area contributed by atoms with E-state index in [0.29, 0.717) is 5.82 Å². The summed E-state index contributed by atoms with van der Waals surface area (Å²) in [5, 5.41) is 6.96. The fourth-order valence-electron chi connectivity index (χ4n) is 8.98. The molecule has 4 nitrogen and oxygen atoms in total. The highest BCUT2D eigenvalue weighted by Gasteiger charge is 2.20. The summed E-state index contributed by atoms with van der Waals surface area (Å²) in [6, 6.07) is 74.9. The van der Waals surface area contributed by atoms with Crippen molar-refractivity contribution in [3.8, 4) is 61.8 Å². The number of hydrogen-bond donors (Lipinski definition) is 0. The first kappa shape index (κ1) is 34.0. The molecule has 0 fully saturated rings. The van der Waals surface area contributed by atoms with Crippen molar-refractivity contribution in [3.05, 3.63) is 212 Å². The molecule has 0 spiro atoms. The Morgan fingerprint density at radius 1 is 0.350 bits per heavy atom. The van der Waals surface area contributed by atoms with E-state index in [2.05, 4.69) is 180 Å². The van der Waals surface area contributed by atoms with Gasteiger partial charge < -0.3 is 8.98 Å². The van der Waals surface area contributed by atoms with E-state index >= 15 is 0 Å². The van der Waals surface area contributed by atoms with E-state index in [9.17, 15) is 0 Å². The first-order chi connectivity index (χ1) is 29.7. The third kappa shape index (κ3) is 5.53. The molecule has 9 aromatic carbocycles. The van der Waals surface area contributed by atoms with Gasteiger partial charge in [0.1, 0.15) is 11.2 Å². The van der Waals surface area contributed by atoms with Crippen LogP contribution in [0, 0.1) is 0 Å². The Morgan fingerprint density at radius 2 is 0.850 bits per heavy atom. The quantitative estimate of drug-likeness (QED) is 0.169. The third-order valence-corrected chi connectivity index (χ3v) is 11.8. The number of rotatable bonds is 6. The van der Waals surface area contributed by atoms with Gasteiger partial charge >= 0.3 is 0 Å². The van der Waals surface area contributed by atoms with E-state index in [1.54, 1.807) is 0 Å². The first-order valence-electron chi connectivity index (χ1n) is 20.3. The van der Waals surface area contributed by atoms with Crippen molar-refractivity contribution in [2.45, 2.75) is 0 Å². The molecule has 0 unspecified atom stereocenters. The molecule has 0 atom stereocenters. The van der Waals surface area contributed by atoms with Gasteiger partial charge in [-0.15, -0.1) is 0 Å². The fraction of sp³-hybridized carbons (Fsp3) is 0. The molecule has 0 saturated carbocycles. The van der Waals surface area contributed by atoms with Crippen molar-refractivity contribution in [1.29, 1.82) is 0 Å². The van der Waals surface area contributed by atoms with Crippen LogP contribution in [-0.4, -0.2) is 14.5 Å². The van der Waals surface area contributed by atoms with E-state index < -0.39 is 0 Å². The van der Waals surface area contributed by atoms with E-state index in [4.69, 9.17) is 14.4 Å². The van der Waals surface area contributed by atoms with Gasteiger partial charge in [0.2, 0.25) is 0 Å². The minimum atomic E-state index is 0.711. The molecule has 280 valence electrons. The standard InChI is InChI=1S/C56H35N3O/c1-3-14-39(15-4-1)48-35-49(58-56(57-48)41-16-5-2-6-17-41)40-32-28-37(29-33-40)36-26-30-38(31-27-36)42-22-13-25-53-54(42)47-34-52(45-20-7-8-21-46(45)55(47)60-53)59-50-23-11-9-18-43(50)44-19-10-12-24-51(44)59/h1-35H. The molecule has 60 heavy (non-hydrogen) atoms. The molecule has 0 aliphatic carbocycles. The number of furan rings is 1. The normalized spacial score (nSPS) is 11.7. The molecule has 0 bridgehead atoms. The van der Waals surface area contributed by atoms with E-state index in [1.165, 1.54) is 21.8 Å². The Balaban J connectivity index is 0.941. The average Bonchev–Trinajstić information content (AvgIpc) is 3.88. The van der Waals surface area contributed by atoms with Gasteiger partial charge in [0.15, 0.2) is 5.82 Å². The second-order valence-electron chi connectivity index (χ2n) is 15.3. The zero-order chi connectivity index (χ0) is 39.6. The number of aromatic nitrogens is 3. The average molecular weight is 766 g/mol. The molecule has 0 aliphatic heterocycles. The predicted octanol–water partition coefficient (Wildman–Crippen LogP) is 15.0. The summed E-state index contributed by atoms with van der Waals surface area (Å²) >= 11 is 0. The Hall–Kier alpha value is -8.08. The van der Waals surface area contributed by atoms with Crippen LogP contribution in [0.5, 0.6) is 0 Å². The second-order valence-corrected chi connectivity index (χ2v) is 15.3. The topological polar surface area (TPSA) is 43.9 Å². The Morgan fingerprint density at radius 3 is 1.48 bits per heavy atom. The summed E-state index contributed by atoms with van der Waals surface area (Å²) in [6.45, 7) is 0. The molecule has 12 aromatic rings. The maximum absolute atomic E-state index is 6.76. The van der Waals surface area contributed by atoms with Gasteiger partial charge in [-0.25, -0.2) is 9.97 Å². The molecule has 0 aliphatic rings. The fourth-order valence-corrected chi connectivity index (χ4v) is 8.98. The zero-order valence-corrected chi connectivity index (χ0v) is 32.5. The highest BCUT2D eigenvalue weighted by molar-refractivity contribution is 6.22. The van der Waals surface area contributed by atoms with Gasteiger partial charge in [0, 0.05) is 49.0 Å². The molecular weight excluding hydrogens is 731 g/mol. The number of benzene rings is 9. The van der Waals surface area contributed by atoms with Crippen molar-refractivity contribution < 1.29 is 4.42 Å². The van der Waals surface area contributed by atoms with Gasteiger partial charge in [0.25, 0.3) is 0 Å². The Labute approximate surface area is 346 Å². The van der Waals surface area contributed by atoms with Crippen LogP contribution < -0.4 is 0 Å². The van der Waals surface area contributed by atoms with Crippen molar-refractivity contribution in [1.82, 2.24) is 14.5 Å². The zero-order valence-electron chi connectivity index (χ0n) is 32.5. The molecule has 3 aromatic heterocycles. The third-order valence-electron chi connectivity index (χ3n) is 11.8. The van der Waals surface area contributed by atoms with E-state index in [1.807, 2.05) is 36.4 Å². The molecule has 0 radical (unpaired) electrons. The largest absolute Gasteiger partial charge is 0.455 e. The molecule has 0 amide bonds. The highest BCUT2D eigenvalue weighted by atomic mass is 16.3. The lowest BCUT2D eigenvalue weighted by molar-refractivity contribution is 0.672. The predicted molar refractivity (Wildman–Crippen MR) is 248 cm³/mol. The van der Waals surface area contributed by atoms with Crippen LogP contribution in [0.4, 0.5) is 0 Å². The summed E-state index contributed by atoms with van der Waals surface area (Å²) in [6.07, 6.45) is 0. The number of para-hydroxylation sites is 2. The van der Waals surface area contributed by atoms with E-state index in [-0.39, 0.29) is 0 Å². The van der Waals surface area contributed by atoms with Gasteiger partial charge in [-0.1, -0.05) is 182 Å². The van der Waals surface area contributed by atoms with Crippen molar-refractivity contribution in [3.63, 3.8) is 0 Å². The molecular formula is C56H35N3O. The van der Waals surface area contributed by atoms with Gasteiger partial charge in [-0.05, 0) is 52.6 Å². The maximum Gasteiger partial charge on any atom is 0.160 e. The summed E-state index contributed by atoms with van der Waals surface area (Å²) in [7, 11) is 0. The van der Waals surface area contributed by atoms with Crippen LogP contribution in [0.15, 0.2) is 217 Å². The van der Waals surface area contributed by atoms with Crippen LogP contribution >= 0.6 is 0 Å². The number of nitrogens with zero attached hydrogens (tertiary/aromatic N) is 3. The van der Waals surface area contributed by atoms with Crippen LogP contribution in [0.1, 0.15) is 0 Å². The van der Waals surface area contributed by atoms with Crippen LogP contribution in [0.25, 0.3) is 116 Å². The summed E-state index contributed by atoms with van der Waals surface area (Å²) < 4.78 is 9.18. The minimum absolute atomic E-state index is 0.711. The van der Waals surface area contributed by atoms with Crippen LogP contribution in [0.2, 0.25) is 0 Å². The lowest BCUT2D eigenvalue weighted by atomic mass is 9.95. The second kappa shape index (κ2) is 13.8. The number of hydrogen-bond acceptors (Lipinski definition) is 3. The molecule has 12 rings (SSSR count). The maximum atomic E-state index is 6.76. The SMILES string of the molecule is c1ccc(-c2cc(-c3ccc(-c4ccc(-c5cccc6oc7c8ccccc8c(-n8c9ccccc9c9ccccc98)cc7c56)cc4)cc3)nc(-c3ccccc3)n2)cc1. The van der Waals surface area contributed by atoms with Gasteiger partial charge in [-0.3, -0.25) is 0 Å². The Kier molecular flexibility index (Phi) is 7.82. The smallest absolute Gasteiger partial charge is 0.160 e. The van der Waals surface area contributed by atoms with Gasteiger partial charge in [-0.2, -0.15) is 0 Å². The molecule has 4 heteroatoms. The van der Waals surface area contributed by atoms with E-state index in [0.717, 1.165) is 88.7 Å². The van der Waals surface area contributed by atoms with Crippen LogP contribution in [-0.2, 0) is 0 Å². The van der Waals surface area contributed by atoms with Crippen molar-refractivity contribution in [2.75, 3.05) is 0 Å². The first-order valence-corrected chi connectivity index (χ1v) is 20.3. The molecule has 0 saturated heterocycles. The lowest BCUT2D eigenvalue weighted by Gasteiger charge is -2.13. The van der Waals surface area contributed by atoms with Crippen molar-refractivity contribution >= 4 is 54.5 Å². The lowest BCUT2D eigenvalue weighted by Crippen LogP contribution is -1.95. The summed E-state index contributed by atoms with van der Waals surface area (Å²) in [5.74, 6) is 0.711. The monoisotopic (exact) mass is 765 g/mol. The number of fused-ring (bicyclic) bond motifs is 8. The summed E-state index contributed by atoms with van der Waals surface area (Å²) in [5.41, 5.74) is 14.7. The Bertz CT molecular complexity index is 3460. The minimum Gasteiger partial charge on any atom is -0.455 e. The summed E-state index contributed by atoms with van der Waals surface area (Å²) in [4.78, 5) is 9.99. The van der Waals surface area contributed by atoms with Crippen LogP contribution in [0.3, 0.4) is 0 Å². The van der Waals surface area contributed by atoms with Gasteiger partial charge in [0.05, 0.1) is 28.1 Å². The molecule has 0 N–H and O–H groups in total. The van der Waals surface area contributed by atoms with Crippen molar-refractivity contribution in [2.24, 2.45) is 0 Å². The highest BCUT2D eigenvalue weighted by Crippen LogP contribution is 2.44.